The maximum Gasteiger partial charge on any atom is 0.175 e. The number of ketones is 1. The molecule has 0 atom stereocenters. The lowest BCUT2D eigenvalue weighted by Crippen LogP contribution is -2.20. The molecule has 1 aromatic rings. The zero-order valence-corrected chi connectivity index (χ0v) is 9.35. The van der Waals surface area contributed by atoms with Crippen LogP contribution in [0.2, 0.25) is 0 Å². The highest BCUT2D eigenvalue weighted by atomic mass is 32.1. The first-order valence-electron chi connectivity index (χ1n) is 5.35. The van der Waals surface area contributed by atoms with Crippen LogP contribution in [-0.4, -0.2) is 5.78 Å². The van der Waals surface area contributed by atoms with Crippen molar-refractivity contribution in [3.05, 3.63) is 22.4 Å². The molecule has 2 rings (SSSR count). The van der Waals surface area contributed by atoms with Crippen LogP contribution in [0.4, 0.5) is 0 Å². The van der Waals surface area contributed by atoms with Crippen LogP contribution in [-0.2, 0) is 0 Å². The van der Waals surface area contributed by atoms with Crippen LogP contribution in [0.3, 0.4) is 0 Å². The summed E-state index contributed by atoms with van der Waals surface area (Å²) in [6.07, 6.45) is 4.64. The average Bonchev–Trinajstić information content (AvgIpc) is 2.71. The minimum absolute atomic E-state index is 0.310. The van der Waals surface area contributed by atoms with Gasteiger partial charge < -0.3 is 0 Å². The van der Waals surface area contributed by atoms with Crippen LogP contribution in [0.25, 0.3) is 0 Å². The number of carbonyl (C=O) groups excluding carboxylic acids is 1. The summed E-state index contributed by atoms with van der Waals surface area (Å²) in [6, 6.07) is 3.91. The second-order valence-corrected chi connectivity index (χ2v) is 5.25. The van der Waals surface area contributed by atoms with Gasteiger partial charge in [-0.05, 0) is 30.2 Å². The van der Waals surface area contributed by atoms with Crippen molar-refractivity contribution >= 4 is 17.1 Å². The molecule has 1 aromatic heterocycles. The molecule has 0 radical (unpaired) electrons. The highest BCUT2D eigenvalue weighted by Gasteiger charge is 2.25. The number of carbonyl (C=O) groups is 1. The zero-order valence-electron chi connectivity index (χ0n) is 8.53. The van der Waals surface area contributed by atoms with E-state index in [-0.39, 0.29) is 0 Å². The number of hydrogen-bond acceptors (Lipinski definition) is 2. The van der Waals surface area contributed by atoms with Crippen LogP contribution < -0.4 is 0 Å². The molecule has 0 unspecified atom stereocenters. The third-order valence-electron chi connectivity index (χ3n) is 3.15. The molecule has 0 aromatic carbocycles. The summed E-state index contributed by atoms with van der Waals surface area (Å²) in [6.45, 7) is 2.28. The van der Waals surface area contributed by atoms with Gasteiger partial charge in [0.1, 0.15) is 0 Å². The lowest BCUT2D eigenvalue weighted by Gasteiger charge is -2.24. The Bertz CT molecular complexity index is 294. The Morgan fingerprint density at radius 2 is 2.07 bits per heavy atom. The van der Waals surface area contributed by atoms with Crippen molar-refractivity contribution in [1.82, 2.24) is 0 Å². The Morgan fingerprint density at radius 1 is 1.36 bits per heavy atom. The molecule has 1 aliphatic carbocycles. The van der Waals surface area contributed by atoms with E-state index in [2.05, 4.69) is 6.92 Å². The third-order valence-corrected chi connectivity index (χ3v) is 4.04. The van der Waals surface area contributed by atoms with Crippen molar-refractivity contribution in [2.45, 2.75) is 32.6 Å². The number of rotatable bonds is 2. The van der Waals surface area contributed by atoms with Crippen LogP contribution in [0.1, 0.15) is 42.3 Å². The minimum Gasteiger partial charge on any atom is -0.293 e. The van der Waals surface area contributed by atoms with Crippen LogP contribution >= 0.6 is 11.3 Å². The minimum atomic E-state index is 0.310. The molecule has 2 heteroatoms. The molecule has 0 amide bonds. The van der Waals surface area contributed by atoms with Crippen LogP contribution in [0, 0.1) is 11.8 Å². The molecule has 1 saturated carbocycles. The Labute approximate surface area is 89.1 Å². The van der Waals surface area contributed by atoms with Crippen LogP contribution in [0.15, 0.2) is 17.5 Å². The summed E-state index contributed by atoms with van der Waals surface area (Å²) >= 11 is 1.58. The molecule has 0 saturated heterocycles. The van der Waals surface area contributed by atoms with E-state index in [1.807, 2.05) is 17.5 Å². The monoisotopic (exact) mass is 208 g/mol. The standard InChI is InChI=1S/C12H16OS/c1-9-4-6-10(7-5-9)12(13)11-3-2-8-14-11/h2-3,8-10H,4-7H2,1H3. The van der Waals surface area contributed by atoms with Gasteiger partial charge in [-0.2, -0.15) is 0 Å². The van der Waals surface area contributed by atoms with Gasteiger partial charge in [-0.25, -0.2) is 0 Å². The van der Waals surface area contributed by atoms with Crippen LogP contribution in [0.5, 0.6) is 0 Å². The van der Waals surface area contributed by atoms with Gasteiger partial charge in [0.15, 0.2) is 5.78 Å². The lowest BCUT2D eigenvalue weighted by molar-refractivity contribution is 0.0880. The summed E-state index contributed by atoms with van der Waals surface area (Å²) in [4.78, 5) is 12.9. The molecule has 14 heavy (non-hydrogen) atoms. The molecule has 1 heterocycles. The smallest absolute Gasteiger partial charge is 0.175 e. The average molecular weight is 208 g/mol. The van der Waals surface area contributed by atoms with Crippen molar-refractivity contribution in [2.24, 2.45) is 11.8 Å². The molecule has 0 spiro atoms. The van der Waals surface area contributed by atoms with Gasteiger partial charge in [-0.1, -0.05) is 25.8 Å². The normalized spacial score (nSPS) is 27.5. The molecular formula is C12H16OS. The quantitative estimate of drug-likeness (QED) is 0.676. The fourth-order valence-corrected chi connectivity index (χ4v) is 2.89. The van der Waals surface area contributed by atoms with Crippen molar-refractivity contribution in [1.29, 1.82) is 0 Å². The maximum absolute atomic E-state index is 12.0. The second-order valence-electron chi connectivity index (χ2n) is 4.30. The van der Waals surface area contributed by atoms with Crippen molar-refractivity contribution < 1.29 is 4.79 Å². The Hall–Kier alpha value is -0.630. The van der Waals surface area contributed by atoms with Gasteiger partial charge >= 0.3 is 0 Å². The maximum atomic E-state index is 12.0. The highest BCUT2D eigenvalue weighted by molar-refractivity contribution is 7.12. The Balaban J connectivity index is 1.99. The zero-order chi connectivity index (χ0) is 9.97. The molecule has 1 nitrogen and oxygen atoms in total. The van der Waals surface area contributed by atoms with Gasteiger partial charge in [0.2, 0.25) is 0 Å². The Kier molecular flexibility index (Phi) is 3.02. The van der Waals surface area contributed by atoms with Gasteiger partial charge in [0.05, 0.1) is 4.88 Å². The summed E-state index contributed by atoms with van der Waals surface area (Å²) < 4.78 is 0. The summed E-state index contributed by atoms with van der Waals surface area (Å²) in [5.74, 6) is 1.51. The molecule has 0 N–H and O–H groups in total. The number of hydrogen-bond donors (Lipinski definition) is 0. The fourth-order valence-electron chi connectivity index (χ4n) is 2.14. The lowest BCUT2D eigenvalue weighted by atomic mass is 9.80. The molecule has 1 fully saturated rings. The fraction of sp³-hybridized carbons (Fsp3) is 0.583. The SMILES string of the molecule is CC1CCC(C(=O)c2cccs2)CC1. The van der Waals surface area contributed by atoms with E-state index < -0.39 is 0 Å². The predicted octanol–water partition coefficient (Wildman–Crippen LogP) is 3.76. The van der Waals surface area contributed by atoms with E-state index in [4.69, 9.17) is 0 Å². The largest absolute Gasteiger partial charge is 0.293 e. The molecule has 0 bridgehead atoms. The van der Waals surface area contributed by atoms with E-state index in [0.29, 0.717) is 11.7 Å². The first-order chi connectivity index (χ1) is 6.77. The van der Waals surface area contributed by atoms with Crippen molar-refractivity contribution in [3.63, 3.8) is 0 Å². The van der Waals surface area contributed by atoms with E-state index in [9.17, 15) is 4.79 Å². The van der Waals surface area contributed by atoms with Crippen molar-refractivity contribution in [2.75, 3.05) is 0 Å². The summed E-state index contributed by atoms with van der Waals surface area (Å²) in [5, 5.41) is 1.98. The van der Waals surface area contributed by atoms with Gasteiger partial charge in [-0.15, -0.1) is 11.3 Å². The van der Waals surface area contributed by atoms with E-state index in [1.54, 1.807) is 11.3 Å². The first-order valence-corrected chi connectivity index (χ1v) is 6.23. The summed E-state index contributed by atoms with van der Waals surface area (Å²) in [7, 11) is 0. The van der Waals surface area contributed by atoms with E-state index in [0.717, 1.165) is 23.6 Å². The van der Waals surface area contributed by atoms with Gasteiger partial charge in [-0.3, -0.25) is 4.79 Å². The van der Waals surface area contributed by atoms with E-state index in [1.165, 1.54) is 12.8 Å². The molecule has 0 aliphatic heterocycles. The third kappa shape index (κ3) is 2.06. The number of Topliss-reactive ketones (excluding diaryl/α,β-unsaturated/α-hetero) is 1. The van der Waals surface area contributed by atoms with Crippen molar-refractivity contribution in [3.8, 4) is 0 Å². The predicted molar refractivity (Wildman–Crippen MR) is 59.8 cm³/mol. The van der Waals surface area contributed by atoms with Gasteiger partial charge in [0, 0.05) is 5.92 Å². The molecular weight excluding hydrogens is 192 g/mol. The summed E-state index contributed by atoms with van der Waals surface area (Å²) in [5.41, 5.74) is 0. The molecule has 76 valence electrons. The topological polar surface area (TPSA) is 17.1 Å². The van der Waals surface area contributed by atoms with Gasteiger partial charge in [0.25, 0.3) is 0 Å². The highest BCUT2D eigenvalue weighted by Crippen LogP contribution is 2.31. The number of thiophene rings is 1. The Morgan fingerprint density at radius 3 is 2.64 bits per heavy atom. The molecule has 1 aliphatic rings. The first kappa shape index (κ1) is 9.91. The second kappa shape index (κ2) is 4.26. The van der Waals surface area contributed by atoms with E-state index >= 15 is 0 Å².